The maximum absolute atomic E-state index is 6.77. The third-order valence-corrected chi connectivity index (χ3v) is 10.1. The molecule has 0 aliphatic carbocycles. The van der Waals surface area contributed by atoms with Crippen LogP contribution >= 0.6 is 16.8 Å². The molecule has 0 amide bonds. The molecule has 2 aromatic carbocycles. The summed E-state index contributed by atoms with van der Waals surface area (Å²) in [5, 5.41) is 0. The highest BCUT2D eigenvalue weighted by molar-refractivity contribution is 7.52. The third kappa shape index (κ3) is 8.13. The summed E-state index contributed by atoms with van der Waals surface area (Å²) >= 11 is 0. The predicted octanol–water partition coefficient (Wildman–Crippen LogP) is 10.3. The lowest BCUT2D eigenvalue weighted by Gasteiger charge is -2.43. The normalized spacial score (nSPS) is 23.9. The van der Waals surface area contributed by atoms with Gasteiger partial charge < -0.3 is 18.5 Å². The van der Waals surface area contributed by atoms with Crippen molar-refractivity contribution in [2.24, 2.45) is 0 Å². The van der Waals surface area contributed by atoms with Gasteiger partial charge in [0.05, 0.1) is 0 Å². The zero-order valence-electron chi connectivity index (χ0n) is 29.0. The number of aryl methyl sites for hydroxylation is 2. The van der Waals surface area contributed by atoms with Crippen LogP contribution in [0.2, 0.25) is 0 Å². The fourth-order valence-electron chi connectivity index (χ4n) is 5.29. The van der Waals surface area contributed by atoms with Crippen molar-refractivity contribution in [1.29, 1.82) is 0 Å². The summed E-state index contributed by atoms with van der Waals surface area (Å²) in [5.41, 5.74) is 6.88. The van der Waals surface area contributed by atoms with Crippen molar-refractivity contribution in [3.8, 4) is 11.5 Å². The summed E-state index contributed by atoms with van der Waals surface area (Å²) in [7, 11) is -2.62. The smallest absolute Gasteiger partial charge is 0.397 e. The fourth-order valence-corrected chi connectivity index (χ4v) is 7.81. The van der Waals surface area contributed by atoms with Crippen LogP contribution in [0.5, 0.6) is 11.5 Å². The van der Waals surface area contributed by atoms with Crippen LogP contribution in [-0.4, -0.2) is 31.7 Å². The van der Waals surface area contributed by atoms with E-state index in [0.29, 0.717) is 12.7 Å². The van der Waals surface area contributed by atoms with Gasteiger partial charge in [-0.15, -0.1) is 0 Å². The van der Waals surface area contributed by atoms with E-state index in [2.05, 4.69) is 121 Å². The highest BCUT2D eigenvalue weighted by Gasteiger charge is 2.46. The van der Waals surface area contributed by atoms with E-state index in [-0.39, 0.29) is 34.9 Å². The van der Waals surface area contributed by atoms with E-state index in [1.54, 1.807) is 0 Å². The summed E-state index contributed by atoms with van der Waals surface area (Å²) in [6.45, 7) is 31.5. The Hall–Kier alpha value is -1.26. The molecule has 1 spiro atoms. The first kappa shape index (κ1) is 34.6. The van der Waals surface area contributed by atoms with Crippen molar-refractivity contribution in [3.63, 3.8) is 0 Å². The van der Waals surface area contributed by atoms with Gasteiger partial charge in [0.1, 0.15) is 45.6 Å². The quantitative estimate of drug-likeness (QED) is 0.313. The summed E-state index contributed by atoms with van der Waals surface area (Å²) in [4.78, 5) is 0. The zero-order valence-corrected chi connectivity index (χ0v) is 30.8. The number of hydrogen-bond donors (Lipinski definition) is 0. The number of ether oxygens (including phenoxy) is 2. The Labute approximate surface area is 263 Å². The predicted molar refractivity (Wildman–Crippen MR) is 179 cm³/mol. The molecule has 4 rings (SSSR count). The third-order valence-electron chi connectivity index (χ3n) is 7.81. The van der Waals surface area contributed by atoms with Gasteiger partial charge in [-0.1, -0.05) is 118 Å². The Balaban J connectivity index is 1.46. The largest absolute Gasteiger partial charge is 0.469 e. The highest BCUT2D eigenvalue weighted by Crippen LogP contribution is 2.54. The van der Waals surface area contributed by atoms with Gasteiger partial charge >= 0.3 is 8.60 Å². The van der Waals surface area contributed by atoms with Crippen molar-refractivity contribution in [3.05, 3.63) is 57.6 Å². The average molecular weight is 633 g/mol. The van der Waals surface area contributed by atoms with E-state index in [1.165, 1.54) is 22.3 Å². The Kier molecular flexibility index (Phi) is 9.79. The molecule has 0 saturated carbocycles. The molecule has 6 nitrogen and oxygen atoms in total. The Morgan fingerprint density at radius 3 is 1.21 bits per heavy atom. The van der Waals surface area contributed by atoms with E-state index in [4.69, 9.17) is 27.6 Å². The van der Waals surface area contributed by atoms with Gasteiger partial charge in [-0.25, -0.2) is 0 Å². The Morgan fingerprint density at radius 1 is 0.558 bits per heavy atom. The monoisotopic (exact) mass is 632 g/mol. The van der Waals surface area contributed by atoms with Crippen LogP contribution in [0.15, 0.2) is 24.3 Å². The van der Waals surface area contributed by atoms with Crippen LogP contribution in [0.4, 0.5) is 0 Å². The lowest BCUT2D eigenvalue weighted by atomic mass is 9.78. The Morgan fingerprint density at radius 2 is 0.884 bits per heavy atom. The van der Waals surface area contributed by atoms with Gasteiger partial charge in [0.15, 0.2) is 0 Å². The molecule has 8 heteroatoms. The lowest BCUT2D eigenvalue weighted by Crippen LogP contribution is -2.50. The molecule has 2 aromatic rings. The van der Waals surface area contributed by atoms with Crippen LogP contribution in [-0.2, 0) is 40.2 Å². The molecule has 2 aliphatic heterocycles. The molecular weight excluding hydrogens is 578 g/mol. The van der Waals surface area contributed by atoms with Crippen molar-refractivity contribution in [1.82, 2.24) is 0 Å². The van der Waals surface area contributed by atoms with E-state index < -0.39 is 22.5 Å². The minimum atomic E-state index is -1.61. The van der Waals surface area contributed by atoms with E-state index in [1.807, 2.05) is 0 Å². The van der Waals surface area contributed by atoms with Gasteiger partial charge in [-0.2, -0.15) is 0 Å². The van der Waals surface area contributed by atoms with Gasteiger partial charge in [0.25, 0.3) is 0 Å². The molecule has 2 saturated heterocycles. The van der Waals surface area contributed by atoms with Gasteiger partial charge in [0, 0.05) is 22.3 Å². The lowest BCUT2D eigenvalue weighted by molar-refractivity contribution is -0.269. The molecule has 43 heavy (non-hydrogen) atoms. The number of benzene rings is 2. The molecule has 2 fully saturated rings. The van der Waals surface area contributed by atoms with Gasteiger partial charge in [0.2, 0.25) is 5.79 Å². The van der Waals surface area contributed by atoms with Crippen LogP contribution < -0.4 is 9.05 Å². The molecule has 2 heterocycles. The highest BCUT2D eigenvalue weighted by atomic mass is 31.2. The molecule has 0 aromatic heterocycles. The first-order chi connectivity index (χ1) is 19.6. The van der Waals surface area contributed by atoms with Crippen molar-refractivity contribution in [2.45, 2.75) is 124 Å². The van der Waals surface area contributed by atoms with Crippen molar-refractivity contribution >= 4 is 16.8 Å². The van der Waals surface area contributed by atoms with Crippen LogP contribution in [0.25, 0.3) is 0 Å². The molecule has 240 valence electrons. The zero-order chi connectivity index (χ0) is 32.2. The number of hydrogen-bond acceptors (Lipinski definition) is 6. The average Bonchev–Trinajstić information content (AvgIpc) is 2.86. The molecule has 0 radical (unpaired) electrons. The standard InChI is InChI=1S/C35H54O6P2/c1-23-15-25(31(3,4)5)29(26(16-23)32(6,7)8)40-42-21-36-35(37-22-42)19-38-43(39-20-35)41-30-27(33(9,10)11)17-24(2)18-28(30)34(12,13)14/h15-18H,19-22H2,1-14H3. The molecule has 0 unspecified atom stereocenters. The van der Waals surface area contributed by atoms with Crippen molar-refractivity contribution < 1.29 is 27.6 Å². The second-order valence-corrected chi connectivity index (χ2v) is 19.1. The second-order valence-electron chi connectivity index (χ2n) is 16.3. The minimum Gasteiger partial charge on any atom is -0.469 e. The molecule has 0 N–H and O–H groups in total. The maximum Gasteiger partial charge on any atom is 0.397 e. The van der Waals surface area contributed by atoms with Crippen LogP contribution in [0, 0.1) is 13.8 Å². The fraction of sp³-hybridized carbons (Fsp3) is 0.657. The summed E-state index contributed by atoms with van der Waals surface area (Å²) in [6.07, 6.45) is 0.893. The first-order valence-corrected chi connectivity index (χ1v) is 18.1. The van der Waals surface area contributed by atoms with E-state index in [0.717, 1.165) is 22.6 Å². The molecule has 2 aliphatic rings. The Bertz CT molecular complexity index is 1120. The second kappa shape index (κ2) is 12.2. The van der Waals surface area contributed by atoms with Crippen LogP contribution in [0.3, 0.4) is 0 Å². The van der Waals surface area contributed by atoms with Crippen LogP contribution in [0.1, 0.15) is 116 Å². The topological polar surface area (TPSA) is 55.4 Å². The van der Waals surface area contributed by atoms with Gasteiger partial charge in [-0.05, 0) is 35.5 Å². The number of rotatable bonds is 4. The molecule has 0 atom stereocenters. The summed E-state index contributed by atoms with van der Waals surface area (Å²) < 4.78 is 38.3. The molecule has 0 bridgehead atoms. The van der Waals surface area contributed by atoms with Gasteiger partial charge in [-0.3, -0.25) is 9.05 Å². The van der Waals surface area contributed by atoms with Crippen molar-refractivity contribution in [2.75, 3.05) is 25.9 Å². The SMILES string of the molecule is Cc1cc(C(C)(C)C)c(OP2COC3(COP(Oc4c(C(C)(C)C)cc(C)cc4C(C)(C)C)OC3)OC2)c(C(C)(C)C)c1. The maximum atomic E-state index is 6.77. The summed E-state index contributed by atoms with van der Waals surface area (Å²) in [6, 6.07) is 8.93. The van der Waals surface area contributed by atoms with E-state index >= 15 is 0 Å². The molecular formula is C35H54O6P2. The minimum absolute atomic E-state index is 0.0607. The summed E-state index contributed by atoms with van der Waals surface area (Å²) in [5.74, 6) is 0.873. The van der Waals surface area contributed by atoms with E-state index in [9.17, 15) is 0 Å². The first-order valence-electron chi connectivity index (χ1n) is 15.4.